The lowest BCUT2D eigenvalue weighted by Gasteiger charge is -2.11. The number of benzene rings is 1. The first-order chi connectivity index (χ1) is 8.38. The van der Waals surface area contributed by atoms with Crippen LogP contribution < -0.4 is 5.32 Å². The number of carboxylic acid groups (broad SMARTS) is 1. The van der Waals surface area contributed by atoms with Gasteiger partial charge in [0.2, 0.25) is 5.91 Å². The molecule has 1 atom stereocenters. The summed E-state index contributed by atoms with van der Waals surface area (Å²) in [6.45, 7) is 3.68. The molecule has 98 valence electrons. The predicted molar refractivity (Wildman–Crippen MR) is 78.6 cm³/mol. The summed E-state index contributed by atoms with van der Waals surface area (Å²) in [6.07, 6.45) is 0.232. The molecule has 1 aromatic carbocycles. The third kappa shape index (κ3) is 5.03. The summed E-state index contributed by atoms with van der Waals surface area (Å²) >= 11 is 2.18. The second-order valence-corrected chi connectivity index (χ2v) is 5.66. The molecule has 0 spiro atoms. The van der Waals surface area contributed by atoms with Crippen molar-refractivity contribution in [3.8, 4) is 0 Å². The van der Waals surface area contributed by atoms with Gasteiger partial charge in [-0.15, -0.1) is 0 Å². The normalized spacial score (nSPS) is 11.9. The van der Waals surface area contributed by atoms with E-state index in [-0.39, 0.29) is 24.7 Å². The van der Waals surface area contributed by atoms with Gasteiger partial charge in [0.25, 0.3) is 0 Å². The molecule has 1 aromatic rings. The van der Waals surface area contributed by atoms with Crippen LogP contribution in [0.15, 0.2) is 18.2 Å². The van der Waals surface area contributed by atoms with E-state index in [1.807, 2.05) is 25.1 Å². The Balaban J connectivity index is 2.59. The number of halogens is 1. The number of hydrogen-bond donors (Lipinski definition) is 2. The van der Waals surface area contributed by atoms with Gasteiger partial charge < -0.3 is 10.4 Å². The lowest BCUT2D eigenvalue weighted by Crippen LogP contribution is -2.17. The molecule has 5 heteroatoms. The van der Waals surface area contributed by atoms with E-state index in [9.17, 15) is 9.59 Å². The summed E-state index contributed by atoms with van der Waals surface area (Å²) < 4.78 is 1.05. The topological polar surface area (TPSA) is 66.4 Å². The fourth-order valence-electron chi connectivity index (χ4n) is 1.62. The fourth-order valence-corrected chi connectivity index (χ4v) is 2.11. The van der Waals surface area contributed by atoms with Gasteiger partial charge in [0.1, 0.15) is 0 Å². The number of aryl methyl sites for hydroxylation is 1. The zero-order valence-corrected chi connectivity index (χ0v) is 12.5. The van der Waals surface area contributed by atoms with Crippen molar-refractivity contribution < 1.29 is 14.7 Å². The average molecular weight is 361 g/mol. The summed E-state index contributed by atoms with van der Waals surface area (Å²) in [5.74, 6) is -1.18. The highest BCUT2D eigenvalue weighted by atomic mass is 127. The van der Waals surface area contributed by atoms with Crippen LogP contribution in [-0.2, 0) is 9.59 Å². The van der Waals surface area contributed by atoms with Crippen LogP contribution in [0.2, 0.25) is 0 Å². The molecule has 1 unspecified atom stereocenters. The molecular formula is C13H16INO3. The molecule has 0 fully saturated rings. The number of amides is 1. The Bertz CT molecular complexity index is 460. The molecule has 0 aliphatic carbocycles. The number of aliphatic carboxylic acids is 1. The number of anilines is 1. The van der Waals surface area contributed by atoms with E-state index in [0.29, 0.717) is 0 Å². The van der Waals surface area contributed by atoms with Crippen LogP contribution in [0.1, 0.15) is 25.3 Å². The van der Waals surface area contributed by atoms with Gasteiger partial charge >= 0.3 is 5.97 Å². The molecule has 0 heterocycles. The lowest BCUT2D eigenvalue weighted by atomic mass is 10.0. The van der Waals surface area contributed by atoms with Gasteiger partial charge in [-0.3, -0.25) is 9.59 Å². The third-order valence-corrected chi connectivity index (χ3v) is 3.20. The highest BCUT2D eigenvalue weighted by Crippen LogP contribution is 2.19. The van der Waals surface area contributed by atoms with E-state index in [4.69, 9.17) is 5.11 Å². The minimum Gasteiger partial charge on any atom is -0.481 e. The monoisotopic (exact) mass is 361 g/mol. The Morgan fingerprint density at radius 3 is 2.67 bits per heavy atom. The number of nitrogens with one attached hydrogen (secondary N) is 1. The van der Waals surface area contributed by atoms with E-state index in [1.165, 1.54) is 0 Å². The van der Waals surface area contributed by atoms with Crippen molar-refractivity contribution >= 4 is 40.2 Å². The molecular weight excluding hydrogens is 345 g/mol. The number of carbonyl (C=O) groups is 2. The van der Waals surface area contributed by atoms with Gasteiger partial charge in [0, 0.05) is 22.1 Å². The van der Waals surface area contributed by atoms with Crippen molar-refractivity contribution in [2.45, 2.75) is 26.7 Å². The maximum atomic E-state index is 11.8. The van der Waals surface area contributed by atoms with Gasteiger partial charge in [-0.1, -0.05) is 13.0 Å². The van der Waals surface area contributed by atoms with Crippen LogP contribution in [0.3, 0.4) is 0 Å². The quantitative estimate of drug-likeness (QED) is 0.793. The van der Waals surface area contributed by atoms with Crippen molar-refractivity contribution in [1.29, 1.82) is 0 Å². The lowest BCUT2D eigenvalue weighted by molar-refractivity contribution is -0.138. The summed E-state index contributed by atoms with van der Waals surface area (Å²) in [7, 11) is 0. The number of rotatable bonds is 5. The SMILES string of the molecule is Cc1ccc(I)cc1NC(=O)CC(C)CC(=O)O. The molecule has 0 saturated carbocycles. The standard InChI is InChI=1S/C13H16INO3/c1-8(6-13(17)18)5-12(16)15-11-7-10(14)4-3-9(11)2/h3-4,7-8H,5-6H2,1-2H3,(H,15,16)(H,17,18). The smallest absolute Gasteiger partial charge is 0.303 e. The minimum absolute atomic E-state index is 0.0126. The van der Waals surface area contributed by atoms with E-state index in [0.717, 1.165) is 14.8 Å². The number of carboxylic acids is 1. The molecule has 0 bridgehead atoms. The fraction of sp³-hybridized carbons (Fsp3) is 0.385. The van der Waals surface area contributed by atoms with Crippen LogP contribution in [0.25, 0.3) is 0 Å². The van der Waals surface area contributed by atoms with Gasteiger partial charge in [0.15, 0.2) is 0 Å². The Morgan fingerprint density at radius 2 is 2.06 bits per heavy atom. The molecule has 0 saturated heterocycles. The molecule has 1 amide bonds. The first-order valence-electron chi connectivity index (χ1n) is 5.66. The van der Waals surface area contributed by atoms with E-state index < -0.39 is 5.97 Å². The largest absolute Gasteiger partial charge is 0.481 e. The van der Waals surface area contributed by atoms with Crippen LogP contribution in [0, 0.1) is 16.4 Å². The Kier molecular flexibility index (Phi) is 5.58. The van der Waals surface area contributed by atoms with Crippen molar-refractivity contribution in [3.05, 3.63) is 27.3 Å². The molecule has 0 aromatic heterocycles. The maximum Gasteiger partial charge on any atom is 0.303 e. The summed E-state index contributed by atoms with van der Waals surface area (Å²) in [5, 5.41) is 11.5. The van der Waals surface area contributed by atoms with Crippen molar-refractivity contribution in [3.63, 3.8) is 0 Å². The van der Waals surface area contributed by atoms with Crippen LogP contribution in [0.5, 0.6) is 0 Å². The number of carbonyl (C=O) groups excluding carboxylic acids is 1. The van der Waals surface area contributed by atoms with Crippen molar-refractivity contribution in [2.75, 3.05) is 5.32 Å². The molecule has 18 heavy (non-hydrogen) atoms. The van der Waals surface area contributed by atoms with E-state index >= 15 is 0 Å². The molecule has 4 nitrogen and oxygen atoms in total. The Hall–Kier alpha value is -1.11. The second-order valence-electron chi connectivity index (χ2n) is 4.41. The average Bonchev–Trinajstić information content (AvgIpc) is 2.21. The molecule has 0 aliphatic rings. The zero-order valence-electron chi connectivity index (χ0n) is 10.4. The third-order valence-electron chi connectivity index (χ3n) is 2.53. The Labute approximate surface area is 120 Å². The summed E-state index contributed by atoms with van der Waals surface area (Å²) in [5.41, 5.74) is 1.78. The van der Waals surface area contributed by atoms with Crippen LogP contribution in [0.4, 0.5) is 5.69 Å². The van der Waals surface area contributed by atoms with Crippen molar-refractivity contribution in [1.82, 2.24) is 0 Å². The molecule has 0 aliphatic heterocycles. The minimum atomic E-state index is -0.874. The first kappa shape index (κ1) is 14.9. The first-order valence-corrected chi connectivity index (χ1v) is 6.74. The second kappa shape index (κ2) is 6.72. The van der Waals surface area contributed by atoms with Gasteiger partial charge in [-0.25, -0.2) is 0 Å². The predicted octanol–water partition coefficient (Wildman–Crippen LogP) is 3.04. The molecule has 1 rings (SSSR count). The Morgan fingerprint density at radius 1 is 1.39 bits per heavy atom. The van der Waals surface area contributed by atoms with Gasteiger partial charge in [0.05, 0.1) is 0 Å². The maximum absolute atomic E-state index is 11.8. The van der Waals surface area contributed by atoms with Crippen LogP contribution >= 0.6 is 22.6 Å². The van der Waals surface area contributed by atoms with E-state index in [1.54, 1.807) is 6.92 Å². The van der Waals surface area contributed by atoms with Gasteiger partial charge in [-0.2, -0.15) is 0 Å². The number of hydrogen-bond acceptors (Lipinski definition) is 2. The summed E-state index contributed by atoms with van der Waals surface area (Å²) in [6, 6.07) is 5.81. The summed E-state index contributed by atoms with van der Waals surface area (Å²) in [4.78, 5) is 22.3. The van der Waals surface area contributed by atoms with Crippen LogP contribution in [-0.4, -0.2) is 17.0 Å². The highest BCUT2D eigenvalue weighted by Gasteiger charge is 2.13. The van der Waals surface area contributed by atoms with Gasteiger partial charge in [-0.05, 0) is 53.1 Å². The van der Waals surface area contributed by atoms with Crippen molar-refractivity contribution in [2.24, 2.45) is 5.92 Å². The molecule has 2 N–H and O–H groups in total. The van der Waals surface area contributed by atoms with E-state index in [2.05, 4.69) is 27.9 Å². The molecule has 0 radical (unpaired) electrons. The zero-order chi connectivity index (χ0) is 13.7. The highest BCUT2D eigenvalue weighted by molar-refractivity contribution is 14.1.